The van der Waals surface area contributed by atoms with Crippen molar-refractivity contribution < 1.29 is 9.53 Å². The smallest absolute Gasteiger partial charge is 0.315 e. The molecule has 0 saturated carbocycles. The Bertz CT molecular complexity index is 673. The van der Waals surface area contributed by atoms with Crippen LogP contribution in [0.25, 0.3) is 0 Å². The van der Waals surface area contributed by atoms with Crippen LogP contribution in [0.4, 0.5) is 4.79 Å². The Kier molecular flexibility index (Phi) is 7.76. The van der Waals surface area contributed by atoms with Crippen molar-refractivity contribution in [3.8, 4) is 5.88 Å². The topological polar surface area (TPSA) is 63.2 Å². The summed E-state index contributed by atoms with van der Waals surface area (Å²) in [7, 11) is 0. The number of ether oxygens (including phenoxy) is 1. The number of rotatable bonds is 9. The molecule has 1 heterocycles. The fourth-order valence-electron chi connectivity index (χ4n) is 2.43. The summed E-state index contributed by atoms with van der Waals surface area (Å²) >= 11 is 0. The molecule has 2 N–H and O–H groups in total. The van der Waals surface area contributed by atoms with Crippen molar-refractivity contribution >= 4 is 6.03 Å². The number of nitrogens with zero attached hydrogens (tertiary/aromatic N) is 1. The number of amides is 2. The van der Waals surface area contributed by atoms with E-state index in [9.17, 15) is 4.79 Å². The third-order valence-electron chi connectivity index (χ3n) is 3.81. The van der Waals surface area contributed by atoms with Crippen LogP contribution in [-0.2, 0) is 13.0 Å². The number of nitrogens with one attached hydrogen (secondary N) is 2. The van der Waals surface area contributed by atoms with Crippen LogP contribution in [0.2, 0.25) is 0 Å². The van der Waals surface area contributed by atoms with E-state index in [2.05, 4.69) is 47.7 Å². The van der Waals surface area contributed by atoms with Crippen molar-refractivity contribution in [2.45, 2.75) is 39.7 Å². The number of hydrogen-bond acceptors (Lipinski definition) is 3. The molecule has 5 nitrogen and oxygen atoms in total. The van der Waals surface area contributed by atoms with E-state index in [-0.39, 0.29) is 6.03 Å². The lowest BCUT2D eigenvalue weighted by Crippen LogP contribution is -2.36. The van der Waals surface area contributed by atoms with E-state index in [0.29, 0.717) is 25.6 Å². The van der Waals surface area contributed by atoms with Gasteiger partial charge in [-0.1, -0.05) is 49.2 Å². The summed E-state index contributed by atoms with van der Waals surface area (Å²) in [6.45, 7) is 5.82. The fourth-order valence-corrected chi connectivity index (χ4v) is 2.43. The Morgan fingerprint density at radius 1 is 1.20 bits per heavy atom. The summed E-state index contributed by atoms with van der Waals surface area (Å²) in [5, 5.41) is 5.74. The normalized spacial score (nSPS) is 10.3. The van der Waals surface area contributed by atoms with Crippen molar-refractivity contribution in [1.29, 1.82) is 0 Å². The molecular weight excluding hydrogens is 314 g/mol. The number of hydrogen-bond donors (Lipinski definition) is 2. The summed E-state index contributed by atoms with van der Waals surface area (Å²) in [6.07, 6.45) is 4.58. The number of unbranched alkanes of at least 4 members (excludes halogenated alkanes) is 1. The SMILES string of the molecule is CCCCOc1ncccc1CNC(=O)NCCc1cccc(C)c1. The number of aromatic nitrogens is 1. The van der Waals surface area contributed by atoms with Crippen molar-refractivity contribution in [2.24, 2.45) is 0 Å². The van der Waals surface area contributed by atoms with E-state index in [1.54, 1.807) is 6.20 Å². The zero-order valence-electron chi connectivity index (χ0n) is 15.0. The molecule has 0 aliphatic carbocycles. The Balaban J connectivity index is 1.74. The summed E-state index contributed by atoms with van der Waals surface area (Å²) in [5.41, 5.74) is 3.33. The number of urea groups is 1. The zero-order valence-corrected chi connectivity index (χ0v) is 15.0. The average Bonchev–Trinajstić information content (AvgIpc) is 2.61. The lowest BCUT2D eigenvalue weighted by atomic mass is 10.1. The van der Waals surface area contributed by atoms with E-state index < -0.39 is 0 Å². The van der Waals surface area contributed by atoms with Gasteiger partial charge in [0.15, 0.2) is 0 Å². The van der Waals surface area contributed by atoms with Gasteiger partial charge < -0.3 is 15.4 Å². The first-order valence-electron chi connectivity index (χ1n) is 8.83. The van der Waals surface area contributed by atoms with Gasteiger partial charge in [0, 0.05) is 24.8 Å². The molecule has 2 amide bonds. The van der Waals surface area contributed by atoms with Crippen LogP contribution in [0.1, 0.15) is 36.5 Å². The average molecular weight is 341 g/mol. The molecule has 0 fully saturated rings. The third kappa shape index (κ3) is 6.83. The van der Waals surface area contributed by atoms with Gasteiger partial charge in [-0.15, -0.1) is 0 Å². The van der Waals surface area contributed by atoms with Gasteiger partial charge in [0.1, 0.15) is 0 Å². The van der Waals surface area contributed by atoms with Crippen LogP contribution in [-0.4, -0.2) is 24.2 Å². The Morgan fingerprint density at radius 3 is 2.88 bits per heavy atom. The van der Waals surface area contributed by atoms with Gasteiger partial charge in [0.2, 0.25) is 5.88 Å². The molecule has 0 atom stereocenters. The second kappa shape index (κ2) is 10.3. The van der Waals surface area contributed by atoms with E-state index in [0.717, 1.165) is 24.8 Å². The third-order valence-corrected chi connectivity index (χ3v) is 3.81. The molecule has 2 rings (SSSR count). The quantitative estimate of drug-likeness (QED) is 0.685. The number of benzene rings is 1. The highest BCUT2D eigenvalue weighted by Crippen LogP contribution is 2.14. The predicted molar refractivity (Wildman–Crippen MR) is 99.8 cm³/mol. The van der Waals surface area contributed by atoms with Crippen molar-refractivity contribution in [1.82, 2.24) is 15.6 Å². The molecule has 0 radical (unpaired) electrons. The van der Waals surface area contributed by atoms with Gasteiger partial charge in [0.05, 0.1) is 6.61 Å². The molecule has 0 aliphatic rings. The van der Waals surface area contributed by atoms with Crippen LogP contribution >= 0.6 is 0 Å². The second-order valence-electron chi connectivity index (χ2n) is 6.02. The molecule has 5 heteroatoms. The van der Waals surface area contributed by atoms with Gasteiger partial charge in [-0.3, -0.25) is 0 Å². The van der Waals surface area contributed by atoms with Crippen LogP contribution < -0.4 is 15.4 Å². The summed E-state index contributed by atoms with van der Waals surface area (Å²) in [6, 6.07) is 11.9. The van der Waals surface area contributed by atoms with E-state index >= 15 is 0 Å². The lowest BCUT2D eigenvalue weighted by Gasteiger charge is -2.11. The van der Waals surface area contributed by atoms with Crippen LogP contribution in [0.15, 0.2) is 42.6 Å². The molecule has 2 aromatic rings. The minimum Gasteiger partial charge on any atom is -0.477 e. The minimum absolute atomic E-state index is 0.184. The zero-order chi connectivity index (χ0) is 17.9. The number of aryl methyl sites for hydroxylation is 1. The largest absolute Gasteiger partial charge is 0.477 e. The highest BCUT2D eigenvalue weighted by molar-refractivity contribution is 5.73. The molecule has 0 aliphatic heterocycles. The fraction of sp³-hybridized carbons (Fsp3) is 0.400. The summed E-state index contributed by atoms with van der Waals surface area (Å²) in [4.78, 5) is 16.2. The van der Waals surface area contributed by atoms with Crippen molar-refractivity contribution in [3.05, 3.63) is 59.3 Å². The van der Waals surface area contributed by atoms with Crippen molar-refractivity contribution in [2.75, 3.05) is 13.2 Å². The lowest BCUT2D eigenvalue weighted by molar-refractivity contribution is 0.240. The minimum atomic E-state index is -0.184. The Labute approximate surface area is 149 Å². The van der Waals surface area contributed by atoms with Gasteiger partial charge in [-0.25, -0.2) is 9.78 Å². The number of carbonyl (C=O) groups is 1. The van der Waals surface area contributed by atoms with E-state index in [4.69, 9.17) is 4.74 Å². The molecule has 0 saturated heterocycles. The van der Waals surface area contributed by atoms with Crippen LogP contribution in [0.5, 0.6) is 5.88 Å². The molecule has 0 unspecified atom stereocenters. The summed E-state index contributed by atoms with van der Waals surface area (Å²) in [5.74, 6) is 0.594. The van der Waals surface area contributed by atoms with Gasteiger partial charge in [-0.2, -0.15) is 0 Å². The standard InChI is InChI=1S/C20H27N3O2/c1-3-4-13-25-19-18(9-6-11-21-19)15-23-20(24)22-12-10-17-8-5-7-16(2)14-17/h5-9,11,14H,3-4,10,12-13,15H2,1-2H3,(H2,22,23,24). The van der Waals surface area contributed by atoms with Gasteiger partial charge in [0.25, 0.3) is 0 Å². The van der Waals surface area contributed by atoms with Gasteiger partial charge in [-0.05, 0) is 31.4 Å². The predicted octanol–water partition coefficient (Wildman–Crippen LogP) is 3.61. The maximum Gasteiger partial charge on any atom is 0.315 e. The maximum atomic E-state index is 12.0. The Morgan fingerprint density at radius 2 is 2.08 bits per heavy atom. The maximum absolute atomic E-state index is 12.0. The highest BCUT2D eigenvalue weighted by atomic mass is 16.5. The molecule has 25 heavy (non-hydrogen) atoms. The molecule has 134 valence electrons. The monoisotopic (exact) mass is 341 g/mol. The number of pyridine rings is 1. The Hall–Kier alpha value is -2.56. The first kappa shape index (κ1) is 18.8. The molecule has 1 aromatic carbocycles. The highest BCUT2D eigenvalue weighted by Gasteiger charge is 2.06. The van der Waals surface area contributed by atoms with Crippen LogP contribution in [0, 0.1) is 6.92 Å². The summed E-state index contributed by atoms with van der Waals surface area (Å²) < 4.78 is 5.68. The molecule has 0 spiro atoms. The first-order valence-corrected chi connectivity index (χ1v) is 8.83. The second-order valence-corrected chi connectivity index (χ2v) is 6.02. The first-order chi connectivity index (χ1) is 12.2. The van der Waals surface area contributed by atoms with Gasteiger partial charge >= 0.3 is 6.03 Å². The number of carbonyl (C=O) groups excluding carboxylic acids is 1. The van der Waals surface area contributed by atoms with Crippen molar-refractivity contribution in [3.63, 3.8) is 0 Å². The molecule has 1 aromatic heterocycles. The van der Waals surface area contributed by atoms with E-state index in [1.165, 1.54) is 11.1 Å². The van der Waals surface area contributed by atoms with Crippen LogP contribution in [0.3, 0.4) is 0 Å². The molecular formula is C20H27N3O2. The molecule has 0 bridgehead atoms. The van der Waals surface area contributed by atoms with E-state index in [1.807, 2.05) is 18.2 Å².